The van der Waals surface area contributed by atoms with Crippen LogP contribution in [0.3, 0.4) is 0 Å². The first-order valence-electron chi connectivity index (χ1n) is 12.4. The molecule has 36 heavy (non-hydrogen) atoms. The molecule has 0 unspecified atom stereocenters. The Bertz CT molecular complexity index is 1100. The predicted octanol–water partition coefficient (Wildman–Crippen LogP) is 3.88. The van der Waals surface area contributed by atoms with Crippen molar-refractivity contribution in [3.63, 3.8) is 0 Å². The number of amides is 2. The zero-order chi connectivity index (χ0) is 26.7. The van der Waals surface area contributed by atoms with Crippen LogP contribution in [0.15, 0.2) is 48.5 Å². The number of unbranched alkanes of at least 4 members (excludes halogenated alkanes) is 1. The van der Waals surface area contributed by atoms with Gasteiger partial charge < -0.3 is 15.0 Å². The van der Waals surface area contributed by atoms with Crippen LogP contribution < -0.4 is 14.4 Å². The van der Waals surface area contributed by atoms with E-state index in [1.807, 2.05) is 45.0 Å². The smallest absolute Gasteiger partial charge is 0.244 e. The molecule has 0 heterocycles. The number of carbonyl (C=O) groups is 2. The molecule has 0 saturated heterocycles. The van der Waals surface area contributed by atoms with Gasteiger partial charge >= 0.3 is 0 Å². The van der Waals surface area contributed by atoms with Gasteiger partial charge in [-0.1, -0.05) is 62.2 Å². The zero-order valence-corrected chi connectivity index (χ0v) is 22.8. The highest BCUT2D eigenvalue weighted by Crippen LogP contribution is 2.30. The van der Waals surface area contributed by atoms with Crippen molar-refractivity contribution in [1.29, 1.82) is 0 Å². The molecular formula is C27H39N3O5S. The van der Waals surface area contributed by atoms with E-state index in [1.54, 1.807) is 31.2 Å². The third kappa shape index (κ3) is 8.26. The third-order valence-corrected chi connectivity index (χ3v) is 6.93. The summed E-state index contributed by atoms with van der Waals surface area (Å²) in [6.07, 6.45) is 3.22. The van der Waals surface area contributed by atoms with Crippen LogP contribution >= 0.6 is 0 Å². The second kappa shape index (κ2) is 13.9. The molecule has 0 spiro atoms. The number of benzene rings is 2. The number of nitrogens with one attached hydrogen (secondary N) is 1. The Balaban J connectivity index is 2.44. The number of rotatable bonds is 14. The first-order chi connectivity index (χ1) is 17.1. The molecule has 0 radical (unpaired) electrons. The van der Waals surface area contributed by atoms with Crippen molar-refractivity contribution in [1.82, 2.24) is 10.2 Å². The molecule has 0 aliphatic heterocycles. The van der Waals surface area contributed by atoms with E-state index in [1.165, 1.54) is 4.90 Å². The summed E-state index contributed by atoms with van der Waals surface area (Å²) >= 11 is 0. The lowest BCUT2D eigenvalue weighted by Crippen LogP contribution is -2.52. The Morgan fingerprint density at radius 2 is 1.69 bits per heavy atom. The van der Waals surface area contributed by atoms with E-state index >= 15 is 0 Å². The molecule has 9 heteroatoms. The second-order valence-electron chi connectivity index (χ2n) is 8.75. The largest absolute Gasteiger partial charge is 0.492 e. The maximum absolute atomic E-state index is 13.7. The van der Waals surface area contributed by atoms with Crippen LogP contribution in [-0.2, 0) is 26.2 Å². The molecule has 2 aromatic rings. The molecule has 2 amide bonds. The molecule has 1 atom stereocenters. The highest BCUT2D eigenvalue weighted by molar-refractivity contribution is 7.92. The minimum Gasteiger partial charge on any atom is -0.492 e. The lowest BCUT2D eigenvalue weighted by atomic mass is 10.1. The molecule has 0 aliphatic carbocycles. The monoisotopic (exact) mass is 517 g/mol. The minimum atomic E-state index is -3.83. The lowest BCUT2D eigenvalue weighted by Gasteiger charge is -2.33. The molecule has 2 aromatic carbocycles. The van der Waals surface area contributed by atoms with Gasteiger partial charge in [0.2, 0.25) is 21.8 Å². The SMILES string of the molecule is CCCCNC(=O)[C@@H](CC)N(Cc1ccc(C)cc1)C(=O)CN(c1ccccc1OCC)S(C)(=O)=O. The number of para-hydroxylation sites is 2. The summed E-state index contributed by atoms with van der Waals surface area (Å²) in [6.45, 7) is 8.26. The molecular weight excluding hydrogens is 478 g/mol. The maximum atomic E-state index is 13.7. The van der Waals surface area contributed by atoms with Gasteiger partial charge in [-0.05, 0) is 44.4 Å². The number of carbonyl (C=O) groups excluding carboxylic acids is 2. The van der Waals surface area contributed by atoms with Crippen LogP contribution in [0.25, 0.3) is 0 Å². The molecule has 1 N–H and O–H groups in total. The fourth-order valence-electron chi connectivity index (χ4n) is 3.85. The average Bonchev–Trinajstić information content (AvgIpc) is 2.83. The number of ether oxygens (including phenoxy) is 1. The van der Waals surface area contributed by atoms with Crippen molar-refractivity contribution in [3.05, 3.63) is 59.7 Å². The first-order valence-corrected chi connectivity index (χ1v) is 14.3. The van der Waals surface area contributed by atoms with Crippen molar-refractivity contribution < 1.29 is 22.7 Å². The zero-order valence-electron chi connectivity index (χ0n) is 22.0. The Morgan fingerprint density at radius 1 is 1.03 bits per heavy atom. The maximum Gasteiger partial charge on any atom is 0.244 e. The fraction of sp³-hybridized carbons (Fsp3) is 0.481. The van der Waals surface area contributed by atoms with Crippen LogP contribution in [0.1, 0.15) is 51.2 Å². The van der Waals surface area contributed by atoms with Crippen molar-refractivity contribution in [2.24, 2.45) is 0 Å². The predicted molar refractivity (Wildman–Crippen MR) is 144 cm³/mol. The van der Waals surface area contributed by atoms with Gasteiger partial charge in [0.05, 0.1) is 18.6 Å². The number of anilines is 1. The van der Waals surface area contributed by atoms with Crippen LogP contribution in [0.2, 0.25) is 0 Å². The number of hydrogen-bond acceptors (Lipinski definition) is 5. The van der Waals surface area contributed by atoms with Gasteiger partial charge in [0.1, 0.15) is 18.3 Å². The highest BCUT2D eigenvalue weighted by Gasteiger charge is 2.32. The summed E-state index contributed by atoms with van der Waals surface area (Å²) in [6, 6.07) is 13.7. The molecule has 2 rings (SSSR count). The van der Waals surface area contributed by atoms with Gasteiger partial charge in [-0.2, -0.15) is 0 Å². The Kier molecular flexibility index (Phi) is 11.2. The number of aryl methyl sites for hydroxylation is 1. The normalized spacial score (nSPS) is 12.0. The molecule has 0 aromatic heterocycles. The summed E-state index contributed by atoms with van der Waals surface area (Å²) < 4.78 is 32.3. The molecule has 0 fully saturated rings. The van der Waals surface area contributed by atoms with Crippen molar-refractivity contribution in [3.8, 4) is 5.75 Å². The van der Waals surface area contributed by atoms with Gasteiger partial charge in [0.15, 0.2) is 0 Å². The molecule has 198 valence electrons. The van der Waals surface area contributed by atoms with E-state index in [0.29, 0.717) is 25.3 Å². The van der Waals surface area contributed by atoms with Crippen molar-refractivity contribution >= 4 is 27.5 Å². The van der Waals surface area contributed by atoms with Crippen molar-refractivity contribution in [2.45, 2.75) is 59.5 Å². The highest BCUT2D eigenvalue weighted by atomic mass is 32.2. The topological polar surface area (TPSA) is 96.0 Å². The summed E-state index contributed by atoms with van der Waals surface area (Å²) in [4.78, 5) is 28.3. The fourth-order valence-corrected chi connectivity index (χ4v) is 4.70. The van der Waals surface area contributed by atoms with Gasteiger partial charge in [0.25, 0.3) is 0 Å². The summed E-state index contributed by atoms with van der Waals surface area (Å²) in [5.41, 5.74) is 2.22. The quantitative estimate of drug-likeness (QED) is 0.384. The average molecular weight is 518 g/mol. The van der Waals surface area contributed by atoms with E-state index < -0.39 is 28.5 Å². The Hall–Kier alpha value is -3.07. The Labute approximate surface area is 215 Å². The summed E-state index contributed by atoms with van der Waals surface area (Å²) in [5.74, 6) is -0.343. The minimum absolute atomic E-state index is 0.184. The van der Waals surface area contributed by atoms with E-state index in [9.17, 15) is 18.0 Å². The van der Waals surface area contributed by atoms with E-state index in [-0.39, 0.29) is 18.1 Å². The van der Waals surface area contributed by atoms with Gasteiger partial charge in [0, 0.05) is 13.1 Å². The van der Waals surface area contributed by atoms with Crippen LogP contribution in [0.5, 0.6) is 5.75 Å². The molecule has 8 nitrogen and oxygen atoms in total. The number of nitrogens with zero attached hydrogens (tertiary/aromatic N) is 2. The summed E-state index contributed by atoms with van der Waals surface area (Å²) in [5, 5.41) is 2.92. The van der Waals surface area contributed by atoms with Crippen LogP contribution in [-0.4, -0.2) is 57.1 Å². The van der Waals surface area contributed by atoms with Gasteiger partial charge in [-0.3, -0.25) is 13.9 Å². The molecule has 0 aliphatic rings. The first kappa shape index (κ1) is 29.2. The number of hydrogen-bond donors (Lipinski definition) is 1. The summed E-state index contributed by atoms with van der Waals surface area (Å²) in [7, 11) is -3.83. The number of sulfonamides is 1. The third-order valence-electron chi connectivity index (χ3n) is 5.80. The van der Waals surface area contributed by atoms with Gasteiger partial charge in [-0.15, -0.1) is 0 Å². The molecule has 0 bridgehead atoms. The molecule has 0 saturated carbocycles. The van der Waals surface area contributed by atoms with Crippen LogP contribution in [0, 0.1) is 6.92 Å². The standard InChI is InChI=1S/C27H39N3O5S/c1-6-9-18-28-27(32)23(7-2)29(19-22-16-14-21(4)15-17-22)26(31)20-30(36(5,33)34)24-12-10-11-13-25(24)35-8-3/h10-17,23H,6-9,18-20H2,1-5H3,(H,28,32)/t23-/m1/s1. The van der Waals surface area contributed by atoms with Crippen molar-refractivity contribution in [2.75, 3.05) is 30.3 Å². The van der Waals surface area contributed by atoms with E-state index in [2.05, 4.69) is 5.32 Å². The van der Waals surface area contributed by atoms with E-state index in [0.717, 1.165) is 34.5 Å². The Morgan fingerprint density at radius 3 is 2.28 bits per heavy atom. The van der Waals surface area contributed by atoms with Gasteiger partial charge in [-0.25, -0.2) is 8.42 Å². The second-order valence-corrected chi connectivity index (χ2v) is 10.7. The lowest BCUT2D eigenvalue weighted by molar-refractivity contribution is -0.140. The van der Waals surface area contributed by atoms with Crippen LogP contribution in [0.4, 0.5) is 5.69 Å². The van der Waals surface area contributed by atoms with E-state index in [4.69, 9.17) is 4.74 Å².